The summed E-state index contributed by atoms with van der Waals surface area (Å²) >= 11 is 0. The van der Waals surface area contributed by atoms with Gasteiger partial charge in [-0.05, 0) is 67.8 Å². The van der Waals surface area contributed by atoms with Crippen LogP contribution in [0.4, 0.5) is 15.8 Å². The molecule has 4 rings (SSSR count). The summed E-state index contributed by atoms with van der Waals surface area (Å²) in [6.07, 6.45) is 2.55. The third-order valence-corrected chi connectivity index (χ3v) is 7.61. The van der Waals surface area contributed by atoms with Gasteiger partial charge in [0.1, 0.15) is 5.82 Å². The van der Waals surface area contributed by atoms with Gasteiger partial charge in [-0.3, -0.25) is 9.59 Å². The number of sulfonamides is 1. The molecule has 31 heavy (non-hydrogen) atoms. The van der Waals surface area contributed by atoms with Crippen LogP contribution in [0.5, 0.6) is 0 Å². The second-order valence-corrected chi connectivity index (χ2v) is 9.78. The van der Waals surface area contributed by atoms with Gasteiger partial charge in [0, 0.05) is 37.4 Å². The lowest BCUT2D eigenvalue weighted by molar-refractivity contribution is -0.121. The van der Waals surface area contributed by atoms with Crippen LogP contribution >= 0.6 is 0 Å². The summed E-state index contributed by atoms with van der Waals surface area (Å²) in [4.78, 5) is 26.4. The molecule has 2 aliphatic rings. The standard InChI is InChI=1S/C22H24FN3O4S/c23-17-5-11-20(12-6-17)31(29,30)25-13-1-3-16(15-25)22(28)24-18-7-9-19(10-8-18)26-14-2-4-21(26)27/h5-12,16H,1-4,13-15H2,(H,24,28)/t16-/m1/s1. The second kappa shape index (κ2) is 8.76. The third-order valence-electron chi connectivity index (χ3n) is 5.73. The van der Waals surface area contributed by atoms with Gasteiger partial charge >= 0.3 is 0 Å². The molecule has 2 saturated heterocycles. The van der Waals surface area contributed by atoms with Gasteiger partial charge in [-0.2, -0.15) is 4.31 Å². The lowest BCUT2D eigenvalue weighted by atomic mass is 9.98. The smallest absolute Gasteiger partial charge is 0.243 e. The number of amides is 2. The predicted molar refractivity (Wildman–Crippen MR) is 115 cm³/mol. The first kappa shape index (κ1) is 21.5. The molecule has 0 radical (unpaired) electrons. The maximum Gasteiger partial charge on any atom is 0.243 e. The van der Waals surface area contributed by atoms with E-state index in [0.29, 0.717) is 38.0 Å². The van der Waals surface area contributed by atoms with Gasteiger partial charge in [-0.25, -0.2) is 12.8 Å². The average Bonchev–Trinajstić information content (AvgIpc) is 3.20. The Morgan fingerprint density at radius 1 is 1.00 bits per heavy atom. The Balaban J connectivity index is 1.41. The number of carbonyl (C=O) groups is 2. The van der Waals surface area contributed by atoms with E-state index >= 15 is 0 Å². The van der Waals surface area contributed by atoms with Crippen molar-refractivity contribution in [1.82, 2.24) is 4.31 Å². The fourth-order valence-electron chi connectivity index (χ4n) is 4.02. The Bertz CT molecular complexity index is 1070. The molecule has 0 bridgehead atoms. The maximum absolute atomic E-state index is 13.1. The summed E-state index contributed by atoms with van der Waals surface area (Å²) in [5, 5.41) is 2.85. The van der Waals surface area contributed by atoms with Crippen molar-refractivity contribution in [1.29, 1.82) is 0 Å². The van der Waals surface area contributed by atoms with Crippen LogP contribution in [0.15, 0.2) is 53.4 Å². The highest BCUT2D eigenvalue weighted by atomic mass is 32.2. The predicted octanol–water partition coefficient (Wildman–Crippen LogP) is 2.99. The molecule has 0 unspecified atom stereocenters. The minimum absolute atomic E-state index is 0.0157. The molecule has 1 N–H and O–H groups in total. The molecule has 0 spiro atoms. The SMILES string of the molecule is O=C(Nc1ccc(N2CCCC2=O)cc1)[C@@H]1CCCN(S(=O)(=O)c2ccc(F)cc2)C1. The largest absolute Gasteiger partial charge is 0.326 e. The molecule has 2 aromatic carbocycles. The van der Waals surface area contributed by atoms with Crippen LogP contribution in [0, 0.1) is 11.7 Å². The van der Waals surface area contributed by atoms with Gasteiger partial charge in [0.25, 0.3) is 0 Å². The van der Waals surface area contributed by atoms with Crippen molar-refractivity contribution >= 4 is 33.2 Å². The first-order chi connectivity index (χ1) is 14.8. The third kappa shape index (κ3) is 4.62. The first-order valence-electron chi connectivity index (χ1n) is 10.3. The molecule has 7 nitrogen and oxygen atoms in total. The van der Waals surface area contributed by atoms with Gasteiger partial charge in [0.2, 0.25) is 21.8 Å². The van der Waals surface area contributed by atoms with Gasteiger partial charge in [-0.15, -0.1) is 0 Å². The number of benzene rings is 2. The van der Waals surface area contributed by atoms with E-state index < -0.39 is 21.8 Å². The summed E-state index contributed by atoms with van der Waals surface area (Å²) < 4.78 is 40.1. The van der Waals surface area contributed by atoms with Crippen molar-refractivity contribution in [3.05, 3.63) is 54.3 Å². The summed E-state index contributed by atoms with van der Waals surface area (Å²) in [5.74, 6) is -1.13. The van der Waals surface area contributed by atoms with Crippen molar-refractivity contribution in [2.45, 2.75) is 30.6 Å². The molecule has 2 aromatic rings. The van der Waals surface area contributed by atoms with E-state index in [1.54, 1.807) is 29.2 Å². The van der Waals surface area contributed by atoms with Crippen LogP contribution in [0.3, 0.4) is 0 Å². The van der Waals surface area contributed by atoms with E-state index in [4.69, 9.17) is 0 Å². The number of carbonyl (C=O) groups excluding carboxylic acids is 2. The molecule has 2 amide bonds. The molecular weight excluding hydrogens is 421 g/mol. The fraction of sp³-hybridized carbons (Fsp3) is 0.364. The van der Waals surface area contributed by atoms with E-state index in [0.717, 1.165) is 24.2 Å². The van der Waals surface area contributed by atoms with Crippen molar-refractivity contribution in [3.63, 3.8) is 0 Å². The van der Waals surface area contributed by atoms with Gasteiger partial charge in [-0.1, -0.05) is 0 Å². The summed E-state index contributed by atoms with van der Waals surface area (Å²) in [5.41, 5.74) is 1.40. The van der Waals surface area contributed by atoms with Crippen LogP contribution in [-0.2, 0) is 19.6 Å². The second-order valence-electron chi connectivity index (χ2n) is 7.84. The number of hydrogen-bond donors (Lipinski definition) is 1. The number of nitrogens with one attached hydrogen (secondary N) is 1. The van der Waals surface area contributed by atoms with E-state index in [9.17, 15) is 22.4 Å². The van der Waals surface area contributed by atoms with Gasteiger partial charge in [0.15, 0.2) is 0 Å². The Labute approximate surface area is 180 Å². The zero-order valence-corrected chi connectivity index (χ0v) is 17.8. The van der Waals surface area contributed by atoms with Gasteiger partial charge < -0.3 is 10.2 Å². The number of piperidine rings is 1. The van der Waals surface area contributed by atoms with E-state index in [1.165, 1.54) is 16.4 Å². The Morgan fingerprint density at radius 2 is 1.71 bits per heavy atom. The van der Waals surface area contributed by atoms with Crippen LogP contribution < -0.4 is 10.2 Å². The number of anilines is 2. The number of nitrogens with zero attached hydrogens (tertiary/aromatic N) is 2. The van der Waals surface area contributed by atoms with Crippen molar-refractivity contribution in [3.8, 4) is 0 Å². The Morgan fingerprint density at radius 3 is 2.35 bits per heavy atom. The highest BCUT2D eigenvalue weighted by molar-refractivity contribution is 7.89. The lowest BCUT2D eigenvalue weighted by Gasteiger charge is -2.31. The van der Waals surface area contributed by atoms with Gasteiger partial charge in [0.05, 0.1) is 10.8 Å². The quantitative estimate of drug-likeness (QED) is 0.767. The molecule has 2 heterocycles. The Kier molecular flexibility index (Phi) is 6.06. The minimum Gasteiger partial charge on any atom is -0.326 e. The van der Waals surface area contributed by atoms with Crippen LogP contribution in [0.1, 0.15) is 25.7 Å². The molecule has 9 heteroatoms. The molecule has 2 aliphatic heterocycles. The molecule has 1 atom stereocenters. The zero-order chi connectivity index (χ0) is 22.0. The maximum atomic E-state index is 13.1. The number of rotatable bonds is 5. The van der Waals surface area contributed by atoms with Crippen molar-refractivity contribution in [2.75, 3.05) is 29.9 Å². The normalized spacial score (nSPS) is 20.1. The van der Waals surface area contributed by atoms with Crippen LogP contribution in [0.2, 0.25) is 0 Å². The fourth-order valence-corrected chi connectivity index (χ4v) is 5.54. The highest BCUT2D eigenvalue weighted by Gasteiger charge is 2.33. The molecule has 2 fully saturated rings. The molecule has 0 aliphatic carbocycles. The lowest BCUT2D eigenvalue weighted by Crippen LogP contribution is -2.43. The van der Waals surface area contributed by atoms with E-state index in [-0.39, 0.29) is 23.3 Å². The topological polar surface area (TPSA) is 86.8 Å². The van der Waals surface area contributed by atoms with E-state index in [1.807, 2.05) is 0 Å². The summed E-state index contributed by atoms with van der Waals surface area (Å²) in [6.45, 7) is 1.10. The van der Waals surface area contributed by atoms with E-state index in [2.05, 4.69) is 5.32 Å². The summed E-state index contributed by atoms with van der Waals surface area (Å²) in [6, 6.07) is 11.8. The van der Waals surface area contributed by atoms with Crippen molar-refractivity contribution in [2.24, 2.45) is 5.92 Å². The average molecular weight is 446 g/mol. The number of halogens is 1. The Hall–Kier alpha value is -2.78. The van der Waals surface area contributed by atoms with Crippen LogP contribution in [0.25, 0.3) is 0 Å². The molecule has 0 saturated carbocycles. The number of hydrogen-bond acceptors (Lipinski definition) is 4. The van der Waals surface area contributed by atoms with Crippen molar-refractivity contribution < 1.29 is 22.4 Å². The molecular formula is C22H24FN3O4S. The monoisotopic (exact) mass is 445 g/mol. The minimum atomic E-state index is -3.79. The highest BCUT2D eigenvalue weighted by Crippen LogP contribution is 2.26. The molecule has 0 aromatic heterocycles. The van der Waals surface area contributed by atoms with Crippen LogP contribution in [-0.4, -0.2) is 44.2 Å². The summed E-state index contributed by atoms with van der Waals surface area (Å²) in [7, 11) is -3.79. The molecule has 164 valence electrons. The zero-order valence-electron chi connectivity index (χ0n) is 17.0. The first-order valence-corrected chi connectivity index (χ1v) is 11.8.